The van der Waals surface area contributed by atoms with E-state index in [9.17, 15) is 18.0 Å². The van der Waals surface area contributed by atoms with Crippen LogP contribution in [0, 0.1) is 5.92 Å². The zero-order valence-corrected chi connectivity index (χ0v) is 18.1. The molecule has 2 rings (SSSR count). The smallest absolute Gasteiger partial charge is 0.271 e. The van der Waals surface area contributed by atoms with Crippen LogP contribution in [0.5, 0.6) is 0 Å². The SMILES string of the molecule is CCC(C)CCCN(C(=O)SNC)C(=O)C1(N=S(=O)=O)CC1c1ccccc1. The fourth-order valence-electron chi connectivity index (χ4n) is 3.29. The molecule has 0 heterocycles. The van der Waals surface area contributed by atoms with E-state index in [1.54, 1.807) is 7.05 Å². The Kier molecular flexibility index (Phi) is 8.21. The van der Waals surface area contributed by atoms with Gasteiger partial charge in [-0.3, -0.25) is 19.2 Å². The van der Waals surface area contributed by atoms with E-state index in [2.05, 4.69) is 22.9 Å². The Bertz CT molecular complexity index is 821. The first kappa shape index (κ1) is 22.6. The number of hydrogen-bond donors (Lipinski definition) is 1. The van der Waals surface area contributed by atoms with Gasteiger partial charge in [0.15, 0.2) is 5.54 Å². The van der Waals surface area contributed by atoms with Gasteiger partial charge in [-0.05, 0) is 37.8 Å². The fraction of sp³-hybridized carbons (Fsp3) is 0.579. The molecule has 0 aliphatic heterocycles. The van der Waals surface area contributed by atoms with Crippen LogP contribution in [0.2, 0.25) is 0 Å². The lowest BCUT2D eigenvalue weighted by Gasteiger charge is -2.24. The molecule has 1 fully saturated rings. The van der Waals surface area contributed by atoms with Gasteiger partial charge in [0.05, 0.1) is 0 Å². The van der Waals surface area contributed by atoms with Gasteiger partial charge in [-0.15, -0.1) is 0 Å². The van der Waals surface area contributed by atoms with Gasteiger partial charge in [-0.2, -0.15) is 12.8 Å². The molecule has 0 aromatic heterocycles. The van der Waals surface area contributed by atoms with Gasteiger partial charge in [0, 0.05) is 24.4 Å². The molecule has 0 saturated heterocycles. The topological polar surface area (TPSA) is 95.9 Å². The van der Waals surface area contributed by atoms with Gasteiger partial charge >= 0.3 is 15.7 Å². The first-order valence-corrected chi connectivity index (χ1v) is 11.3. The Labute approximate surface area is 172 Å². The summed E-state index contributed by atoms with van der Waals surface area (Å²) in [5, 5.41) is -0.443. The number of rotatable bonds is 9. The van der Waals surface area contributed by atoms with Crippen LogP contribution in [0.1, 0.15) is 51.0 Å². The molecule has 0 spiro atoms. The Morgan fingerprint density at radius 3 is 2.61 bits per heavy atom. The van der Waals surface area contributed by atoms with Crippen LogP contribution in [0.15, 0.2) is 34.7 Å². The Morgan fingerprint density at radius 1 is 1.36 bits per heavy atom. The first-order valence-electron chi connectivity index (χ1n) is 9.42. The summed E-state index contributed by atoms with van der Waals surface area (Å²) in [6, 6.07) is 9.22. The molecular weight excluding hydrogens is 398 g/mol. The first-order chi connectivity index (χ1) is 13.4. The number of hydrogen-bond acceptors (Lipinski definition) is 7. The molecule has 154 valence electrons. The Balaban J connectivity index is 2.28. The lowest BCUT2D eigenvalue weighted by molar-refractivity contribution is -0.130. The molecule has 0 radical (unpaired) electrons. The number of nitrogens with zero attached hydrogens (tertiary/aromatic N) is 2. The Hall–Kier alpha value is -1.71. The van der Waals surface area contributed by atoms with Crippen molar-refractivity contribution in [2.45, 2.75) is 51.0 Å². The summed E-state index contributed by atoms with van der Waals surface area (Å²) in [7, 11) is -1.14. The van der Waals surface area contributed by atoms with Gasteiger partial charge in [-0.25, -0.2) is 0 Å². The molecule has 2 amide bonds. The van der Waals surface area contributed by atoms with E-state index in [1.165, 1.54) is 0 Å². The van der Waals surface area contributed by atoms with E-state index in [4.69, 9.17) is 0 Å². The number of carbonyl (C=O) groups excluding carboxylic acids is 2. The molecule has 7 nitrogen and oxygen atoms in total. The molecule has 3 unspecified atom stereocenters. The van der Waals surface area contributed by atoms with Crippen molar-refractivity contribution in [3.05, 3.63) is 35.9 Å². The average molecular weight is 426 g/mol. The van der Waals surface area contributed by atoms with Crippen molar-refractivity contribution in [3.8, 4) is 0 Å². The highest BCUT2D eigenvalue weighted by atomic mass is 32.2. The molecule has 0 bridgehead atoms. The summed E-state index contributed by atoms with van der Waals surface area (Å²) >= 11 is 0.813. The zero-order valence-electron chi connectivity index (χ0n) is 16.4. The second kappa shape index (κ2) is 10.2. The van der Waals surface area contributed by atoms with E-state index in [-0.39, 0.29) is 18.9 Å². The van der Waals surface area contributed by atoms with E-state index in [0.717, 1.165) is 35.3 Å². The minimum absolute atomic E-state index is 0.251. The molecule has 1 N–H and O–H groups in total. The second-order valence-electron chi connectivity index (χ2n) is 7.08. The van der Waals surface area contributed by atoms with Crippen molar-refractivity contribution in [2.75, 3.05) is 13.6 Å². The van der Waals surface area contributed by atoms with Gasteiger partial charge in [-0.1, -0.05) is 50.6 Å². The molecule has 3 atom stereocenters. The van der Waals surface area contributed by atoms with Gasteiger partial charge in [0.2, 0.25) is 0 Å². The number of amides is 2. The number of benzene rings is 1. The minimum Gasteiger partial charge on any atom is -0.271 e. The summed E-state index contributed by atoms with van der Waals surface area (Å²) in [6.45, 7) is 4.47. The van der Waals surface area contributed by atoms with Crippen LogP contribution in [-0.2, 0) is 15.3 Å². The third kappa shape index (κ3) is 5.42. The third-order valence-corrected chi connectivity index (χ3v) is 6.25. The van der Waals surface area contributed by atoms with Gasteiger partial charge < -0.3 is 0 Å². The monoisotopic (exact) mass is 425 g/mol. The second-order valence-corrected chi connectivity index (χ2v) is 8.66. The van der Waals surface area contributed by atoms with Crippen molar-refractivity contribution >= 4 is 33.6 Å². The maximum absolute atomic E-state index is 13.3. The summed E-state index contributed by atoms with van der Waals surface area (Å²) in [6.07, 6.45) is 2.86. The Morgan fingerprint density at radius 2 is 2.04 bits per heavy atom. The highest BCUT2D eigenvalue weighted by Crippen LogP contribution is 2.55. The van der Waals surface area contributed by atoms with Crippen LogP contribution >= 0.6 is 11.9 Å². The standard InChI is InChI=1S/C19H27N3O4S2/c1-4-14(2)9-8-12-22(18(24)27-20-3)17(23)19(21-28(25)26)13-16(19)15-10-6-5-7-11-15/h5-7,10-11,14,16,20H,4,8-9,12-13H2,1-3H3. The lowest BCUT2D eigenvalue weighted by Crippen LogP contribution is -2.44. The highest BCUT2D eigenvalue weighted by molar-refractivity contribution is 8.11. The highest BCUT2D eigenvalue weighted by Gasteiger charge is 2.64. The summed E-state index contributed by atoms with van der Waals surface area (Å²) < 4.78 is 29.1. The largest absolute Gasteiger partial charge is 0.312 e. The summed E-state index contributed by atoms with van der Waals surface area (Å²) in [4.78, 5) is 27.0. The molecule has 1 saturated carbocycles. The van der Waals surface area contributed by atoms with E-state index in [1.807, 2.05) is 30.3 Å². The van der Waals surface area contributed by atoms with Gasteiger partial charge in [0.25, 0.3) is 5.91 Å². The van der Waals surface area contributed by atoms with Crippen LogP contribution in [0.4, 0.5) is 4.79 Å². The summed E-state index contributed by atoms with van der Waals surface area (Å²) in [5.41, 5.74) is -0.577. The predicted octanol–water partition coefficient (Wildman–Crippen LogP) is 3.62. The molecule has 1 aromatic rings. The molecule has 1 aromatic carbocycles. The quantitative estimate of drug-likeness (QED) is 0.607. The van der Waals surface area contributed by atoms with Crippen LogP contribution < -0.4 is 4.72 Å². The molecular formula is C19H27N3O4S2. The average Bonchev–Trinajstić information content (AvgIpc) is 3.39. The lowest BCUT2D eigenvalue weighted by atomic mass is 10.0. The molecule has 1 aliphatic carbocycles. The maximum atomic E-state index is 13.3. The van der Waals surface area contributed by atoms with Crippen molar-refractivity contribution in [2.24, 2.45) is 10.3 Å². The van der Waals surface area contributed by atoms with E-state index in [0.29, 0.717) is 12.3 Å². The van der Waals surface area contributed by atoms with Crippen LogP contribution in [-0.4, -0.2) is 43.6 Å². The number of carbonyl (C=O) groups is 2. The molecule has 1 aliphatic rings. The van der Waals surface area contributed by atoms with Crippen molar-refractivity contribution < 1.29 is 18.0 Å². The van der Waals surface area contributed by atoms with Crippen molar-refractivity contribution in [1.29, 1.82) is 0 Å². The number of imide groups is 1. The fourth-order valence-corrected chi connectivity index (χ4v) is 4.30. The van der Waals surface area contributed by atoms with Gasteiger partial charge in [0.1, 0.15) is 0 Å². The van der Waals surface area contributed by atoms with E-state index >= 15 is 0 Å². The normalized spacial score (nSPS) is 21.6. The molecule has 9 heteroatoms. The van der Waals surface area contributed by atoms with Crippen LogP contribution in [0.25, 0.3) is 0 Å². The predicted molar refractivity (Wildman–Crippen MR) is 110 cm³/mol. The zero-order chi connectivity index (χ0) is 20.7. The number of nitrogens with one attached hydrogen (secondary N) is 1. The third-order valence-electron chi connectivity index (χ3n) is 5.17. The van der Waals surface area contributed by atoms with Crippen molar-refractivity contribution in [3.63, 3.8) is 0 Å². The van der Waals surface area contributed by atoms with Crippen LogP contribution in [0.3, 0.4) is 0 Å². The minimum atomic E-state index is -2.74. The maximum Gasteiger partial charge on any atom is 0.312 e. The summed E-state index contributed by atoms with van der Waals surface area (Å²) in [5.74, 6) is -0.388. The van der Waals surface area contributed by atoms with E-state index < -0.39 is 27.2 Å². The molecule has 28 heavy (non-hydrogen) atoms. The van der Waals surface area contributed by atoms with Crippen molar-refractivity contribution in [1.82, 2.24) is 9.62 Å².